The van der Waals surface area contributed by atoms with Crippen molar-refractivity contribution in [2.24, 2.45) is 0 Å². The van der Waals surface area contributed by atoms with Gasteiger partial charge in [0.25, 0.3) is 0 Å². The summed E-state index contributed by atoms with van der Waals surface area (Å²) in [5.74, 6) is 0.263. The molecule has 0 aliphatic heterocycles. The lowest BCUT2D eigenvalue weighted by atomic mass is 10.2. The number of rotatable bonds is 9. The van der Waals surface area contributed by atoms with Crippen molar-refractivity contribution >= 4 is 15.9 Å². The molecule has 8 heteroatoms. The molecule has 1 rings (SSSR count). The number of aryl methyl sites for hydroxylation is 1. The van der Waals surface area contributed by atoms with Crippen molar-refractivity contribution < 1.29 is 22.7 Å². The number of nitrogens with zero attached hydrogens (tertiary/aromatic N) is 1. The van der Waals surface area contributed by atoms with Crippen LogP contribution in [0.4, 0.5) is 0 Å². The zero-order valence-corrected chi connectivity index (χ0v) is 15.6. The van der Waals surface area contributed by atoms with Crippen LogP contribution < -0.4 is 10.1 Å². The van der Waals surface area contributed by atoms with Crippen molar-refractivity contribution in [1.82, 2.24) is 9.62 Å². The lowest BCUT2D eigenvalue weighted by Crippen LogP contribution is -2.43. The Morgan fingerprint density at radius 2 is 2.04 bits per heavy atom. The van der Waals surface area contributed by atoms with Crippen LogP contribution in [0.3, 0.4) is 0 Å². The minimum atomic E-state index is -3.75. The minimum absolute atomic E-state index is 0.128. The van der Waals surface area contributed by atoms with E-state index in [0.717, 1.165) is 9.87 Å². The van der Waals surface area contributed by atoms with Gasteiger partial charge in [-0.05, 0) is 44.5 Å². The lowest BCUT2D eigenvalue weighted by molar-refractivity contribution is -0.122. The number of amides is 1. The van der Waals surface area contributed by atoms with Gasteiger partial charge in [0.15, 0.2) is 0 Å². The molecule has 0 aliphatic carbocycles. The summed E-state index contributed by atoms with van der Waals surface area (Å²) in [6.45, 7) is 6.03. The number of hydrogen-bond donors (Lipinski definition) is 1. The van der Waals surface area contributed by atoms with Crippen LogP contribution in [0.15, 0.2) is 23.1 Å². The summed E-state index contributed by atoms with van der Waals surface area (Å²) in [6.07, 6.45) is 0. The molecule has 0 radical (unpaired) electrons. The van der Waals surface area contributed by atoms with Crippen molar-refractivity contribution in [3.63, 3.8) is 0 Å². The van der Waals surface area contributed by atoms with Gasteiger partial charge in [0.2, 0.25) is 15.9 Å². The van der Waals surface area contributed by atoms with Gasteiger partial charge < -0.3 is 14.8 Å². The minimum Gasteiger partial charge on any atom is -0.494 e. The van der Waals surface area contributed by atoms with E-state index in [1.807, 2.05) is 6.92 Å². The summed E-state index contributed by atoms with van der Waals surface area (Å²) in [4.78, 5) is 12.1. The van der Waals surface area contributed by atoms with Crippen LogP contribution >= 0.6 is 0 Å². The number of carbonyl (C=O) groups is 1. The van der Waals surface area contributed by atoms with Crippen molar-refractivity contribution in [1.29, 1.82) is 0 Å². The first kappa shape index (κ1) is 20.4. The predicted molar refractivity (Wildman–Crippen MR) is 91.6 cm³/mol. The Labute approximate surface area is 144 Å². The molecule has 0 saturated heterocycles. The Hall–Kier alpha value is -1.64. The first-order valence-corrected chi connectivity index (χ1v) is 9.14. The highest BCUT2D eigenvalue weighted by molar-refractivity contribution is 7.89. The number of nitrogens with one attached hydrogen (secondary N) is 1. The number of benzene rings is 1. The van der Waals surface area contributed by atoms with Crippen LogP contribution in [0.1, 0.15) is 19.4 Å². The first-order valence-electron chi connectivity index (χ1n) is 7.70. The third kappa shape index (κ3) is 5.47. The maximum absolute atomic E-state index is 12.6. The number of ether oxygens (including phenoxy) is 2. The van der Waals surface area contributed by atoms with E-state index in [1.165, 1.54) is 20.2 Å². The molecule has 136 valence electrons. The van der Waals surface area contributed by atoms with Gasteiger partial charge in [0.05, 0.1) is 24.7 Å². The highest BCUT2D eigenvalue weighted by atomic mass is 32.2. The van der Waals surface area contributed by atoms with E-state index >= 15 is 0 Å². The van der Waals surface area contributed by atoms with Crippen LogP contribution in [0.25, 0.3) is 0 Å². The Morgan fingerprint density at radius 1 is 1.38 bits per heavy atom. The van der Waals surface area contributed by atoms with Crippen molar-refractivity contribution in [2.75, 3.05) is 33.9 Å². The summed E-state index contributed by atoms with van der Waals surface area (Å²) in [7, 11) is -0.839. The van der Waals surface area contributed by atoms with Gasteiger partial charge in [0, 0.05) is 20.2 Å². The van der Waals surface area contributed by atoms with E-state index in [9.17, 15) is 13.2 Å². The molecule has 1 N–H and O–H groups in total. The predicted octanol–water partition coefficient (Wildman–Crippen LogP) is 1.17. The van der Waals surface area contributed by atoms with E-state index in [4.69, 9.17) is 9.47 Å². The van der Waals surface area contributed by atoms with Gasteiger partial charge in [0.1, 0.15) is 5.75 Å². The number of carbonyl (C=O) groups excluding carboxylic acids is 1. The highest BCUT2D eigenvalue weighted by Gasteiger charge is 2.24. The zero-order valence-electron chi connectivity index (χ0n) is 14.8. The largest absolute Gasteiger partial charge is 0.494 e. The zero-order chi connectivity index (χ0) is 18.3. The molecular formula is C16H26N2O5S. The van der Waals surface area contributed by atoms with Crippen molar-refractivity contribution in [2.45, 2.75) is 31.7 Å². The maximum atomic E-state index is 12.6. The van der Waals surface area contributed by atoms with E-state index in [2.05, 4.69) is 5.32 Å². The highest BCUT2D eigenvalue weighted by Crippen LogP contribution is 2.23. The molecule has 0 bridgehead atoms. The van der Waals surface area contributed by atoms with E-state index < -0.39 is 10.0 Å². The third-order valence-electron chi connectivity index (χ3n) is 3.34. The van der Waals surface area contributed by atoms with E-state index in [1.54, 1.807) is 26.0 Å². The van der Waals surface area contributed by atoms with Crippen molar-refractivity contribution in [3.05, 3.63) is 23.8 Å². The second-order valence-electron chi connectivity index (χ2n) is 5.55. The third-order valence-corrected chi connectivity index (χ3v) is 5.14. The molecule has 7 nitrogen and oxygen atoms in total. The summed E-state index contributed by atoms with van der Waals surface area (Å²) in [6, 6.07) is 4.46. The summed E-state index contributed by atoms with van der Waals surface area (Å²) in [5.41, 5.74) is 0.726. The fourth-order valence-corrected chi connectivity index (χ4v) is 3.39. The number of methoxy groups -OCH3 is 1. The van der Waals surface area contributed by atoms with Gasteiger partial charge >= 0.3 is 0 Å². The molecule has 0 unspecified atom stereocenters. The Bertz CT molecular complexity index is 660. The fourth-order valence-electron chi connectivity index (χ4n) is 2.18. The lowest BCUT2D eigenvalue weighted by Gasteiger charge is -2.19. The van der Waals surface area contributed by atoms with Crippen LogP contribution in [0.5, 0.6) is 5.75 Å². The molecule has 24 heavy (non-hydrogen) atoms. The summed E-state index contributed by atoms with van der Waals surface area (Å²) < 4.78 is 36.5. The van der Waals surface area contributed by atoms with Gasteiger partial charge in [-0.1, -0.05) is 0 Å². The molecule has 0 saturated carbocycles. The molecular weight excluding hydrogens is 332 g/mol. The quantitative estimate of drug-likeness (QED) is 0.716. The number of sulfonamides is 1. The Kier molecular flexibility index (Phi) is 7.65. The van der Waals surface area contributed by atoms with Gasteiger partial charge in [-0.25, -0.2) is 8.42 Å². The average Bonchev–Trinajstić information content (AvgIpc) is 2.49. The number of likely N-dealkylation sites (N-methyl/N-ethyl adjacent to an activating group) is 1. The first-order chi connectivity index (χ1) is 11.2. The molecule has 0 heterocycles. The SMILES string of the molecule is CCOc1ccc(S(=O)(=O)N(C)CC(=O)N[C@H](C)COC)cc1C. The van der Waals surface area contributed by atoms with E-state index in [0.29, 0.717) is 19.0 Å². The van der Waals surface area contributed by atoms with Gasteiger partial charge in [-0.15, -0.1) is 0 Å². The molecule has 0 aliphatic rings. The molecule has 1 atom stereocenters. The standard InChI is InChI=1S/C16H26N2O5S/c1-6-23-15-8-7-14(9-12(15)2)24(20,21)18(4)10-16(19)17-13(3)11-22-5/h7-9,13H,6,10-11H2,1-5H3,(H,17,19)/t13-/m1/s1. The maximum Gasteiger partial charge on any atom is 0.243 e. The fraction of sp³-hybridized carbons (Fsp3) is 0.562. The van der Waals surface area contributed by atoms with Gasteiger partial charge in [-0.2, -0.15) is 4.31 Å². The Balaban J connectivity index is 2.83. The molecule has 1 amide bonds. The molecule has 0 spiro atoms. The van der Waals surface area contributed by atoms with Gasteiger partial charge in [-0.3, -0.25) is 4.79 Å². The molecule has 1 aromatic rings. The van der Waals surface area contributed by atoms with Crippen LogP contribution in [-0.4, -0.2) is 58.6 Å². The molecule has 1 aromatic carbocycles. The van der Waals surface area contributed by atoms with E-state index in [-0.39, 0.29) is 23.4 Å². The second-order valence-corrected chi connectivity index (χ2v) is 7.59. The topological polar surface area (TPSA) is 84.9 Å². The summed E-state index contributed by atoms with van der Waals surface area (Å²) >= 11 is 0. The average molecular weight is 358 g/mol. The molecule has 0 aromatic heterocycles. The second kappa shape index (κ2) is 9.00. The number of hydrogen-bond acceptors (Lipinski definition) is 5. The smallest absolute Gasteiger partial charge is 0.243 e. The monoisotopic (exact) mass is 358 g/mol. The normalized spacial score (nSPS) is 12.9. The van der Waals surface area contributed by atoms with Crippen LogP contribution in [0, 0.1) is 6.92 Å². The van der Waals surface area contributed by atoms with Crippen molar-refractivity contribution in [3.8, 4) is 5.75 Å². The van der Waals surface area contributed by atoms with Crippen LogP contribution in [0.2, 0.25) is 0 Å². The van der Waals surface area contributed by atoms with Crippen LogP contribution in [-0.2, 0) is 19.6 Å². The molecule has 0 fully saturated rings. The summed E-state index contributed by atoms with van der Waals surface area (Å²) in [5, 5.41) is 2.68. The Morgan fingerprint density at radius 3 is 2.58 bits per heavy atom.